The maximum atomic E-state index is 12.9. The fraction of sp³-hybridized carbons (Fsp3) is 0.200. The van der Waals surface area contributed by atoms with E-state index >= 15 is 0 Å². The number of thioether (sulfide) groups is 1. The molecule has 0 saturated heterocycles. The summed E-state index contributed by atoms with van der Waals surface area (Å²) in [6.45, 7) is 1.95. The summed E-state index contributed by atoms with van der Waals surface area (Å²) in [6, 6.07) is 8.83. The van der Waals surface area contributed by atoms with Gasteiger partial charge in [-0.1, -0.05) is 0 Å². The van der Waals surface area contributed by atoms with Crippen LogP contribution < -0.4 is 10.6 Å². The van der Waals surface area contributed by atoms with Crippen LogP contribution in [0.5, 0.6) is 0 Å². The minimum Gasteiger partial charge on any atom is -0.377 e. The highest BCUT2D eigenvalue weighted by Crippen LogP contribution is 2.34. The van der Waals surface area contributed by atoms with E-state index < -0.39 is 0 Å². The van der Waals surface area contributed by atoms with Gasteiger partial charge in [0.25, 0.3) is 0 Å². The van der Waals surface area contributed by atoms with Crippen molar-refractivity contribution >= 4 is 29.0 Å². The van der Waals surface area contributed by atoms with Gasteiger partial charge in [-0.25, -0.2) is 4.39 Å². The Balaban J connectivity index is 1.77. The van der Waals surface area contributed by atoms with Gasteiger partial charge in [-0.05, 0) is 37.3 Å². The number of benzene rings is 1. The Morgan fingerprint density at radius 2 is 2.24 bits per heavy atom. The Kier molecular flexibility index (Phi) is 3.79. The molecule has 1 atom stereocenters. The Hall–Kier alpha value is -2.08. The normalized spacial score (nSPS) is 15.0. The predicted octanol–water partition coefficient (Wildman–Crippen LogP) is 3.44. The number of hydrogen-bond acceptors (Lipinski definition) is 4. The number of amides is 1. The van der Waals surface area contributed by atoms with Gasteiger partial charge in [0.05, 0.1) is 29.4 Å². The van der Waals surface area contributed by atoms with E-state index in [2.05, 4.69) is 15.6 Å². The van der Waals surface area contributed by atoms with Crippen LogP contribution >= 0.6 is 11.8 Å². The summed E-state index contributed by atoms with van der Waals surface area (Å²) < 4.78 is 12.9. The number of fused-ring (bicyclic) bond motifs is 1. The van der Waals surface area contributed by atoms with Gasteiger partial charge in [-0.15, -0.1) is 11.8 Å². The number of nitrogens with one attached hydrogen (secondary N) is 2. The number of hydrogen-bond donors (Lipinski definition) is 2. The van der Waals surface area contributed by atoms with Crippen LogP contribution in [-0.2, 0) is 4.79 Å². The second-order valence-corrected chi connectivity index (χ2v) is 5.83. The fourth-order valence-electron chi connectivity index (χ4n) is 2.14. The smallest absolute Gasteiger partial charge is 0.234 e. The molecule has 6 heteroatoms. The summed E-state index contributed by atoms with van der Waals surface area (Å²) in [5.74, 6) is 0.118. The number of halogens is 1. The molecule has 1 aromatic heterocycles. The average molecular weight is 303 g/mol. The van der Waals surface area contributed by atoms with E-state index in [-0.39, 0.29) is 17.8 Å². The lowest BCUT2D eigenvalue weighted by Gasteiger charge is -2.19. The highest BCUT2D eigenvalue weighted by Gasteiger charge is 2.16. The molecule has 1 unspecified atom stereocenters. The number of nitrogens with zero attached hydrogens (tertiary/aromatic N) is 1. The molecule has 1 aliphatic heterocycles. The van der Waals surface area contributed by atoms with Crippen molar-refractivity contribution in [2.45, 2.75) is 17.9 Å². The van der Waals surface area contributed by atoms with E-state index in [1.54, 1.807) is 6.07 Å². The first-order valence-corrected chi connectivity index (χ1v) is 7.55. The summed E-state index contributed by atoms with van der Waals surface area (Å²) in [5, 5.41) is 6.15. The van der Waals surface area contributed by atoms with Gasteiger partial charge in [0.1, 0.15) is 5.82 Å². The first-order chi connectivity index (χ1) is 10.1. The Morgan fingerprint density at radius 3 is 3.00 bits per heavy atom. The third-order valence-corrected chi connectivity index (χ3v) is 4.26. The van der Waals surface area contributed by atoms with Crippen molar-refractivity contribution in [2.75, 3.05) is 16.4 Å². The van der Waals surface area contributed by atoms with Gasteiger partial charge in [-0.3, -0.25) is 9.78 Å². The largest absolute Gasteiger partial charge is 0.377 e. The monoisotopic (exact) mass is 303 g/mol. The lowest BCUT2D eigenvalue weighted by atomic mass is 10.2. The summed E-state index contributed by atoms with van der Waals surface area (Å²) >= 11 is 1.53. The molecule has 108 valence electrons. The quantitative estimate of drug-likeness (QED) is 0.912. The van der Waals surface area contributed by atoms with E-state index in [1.807, 2.05) is 25.1 Å². The number of pyridine rings is 1. The molecule has 3 rings (SSSR count). The number of anilines is 2. The minimum atomic E-state index is -0.348. The van der Waals surface area contributed by atoms with Crippen LogP contribution in [-0.4, -0.2) is 16.6 Å². The van der Waals surface area contributed by atoms with Crippen molar-refractivity contribution in [3.05, 3.63) is 48.0 Å². The maximum absolute atomic E-state index is 12.9. The Morgan fingerprint density at radius 1 is 1.38 bits per heavy atom. The van der Waals surface area contributed by atoms with E-state index in [9.17, 15) is 9.18 Å². The minimum absolute atomic E-state index is 0.0119. The van der Waals surface area contributed by atoms with E-state index in [4.69, 9.17) is 0 Å². The molecule has 0 spiro atoms. The summed E-state index contributed by atoms with van der Waals surface area (Å²) in [6.07, 6.45) is 1.21. The highest BCUT2D eigenvalue weighted by molar-refractivity contribution is 8.00. The number of carbonyl (C=O) groups is 1. The molecule has 2 heterocycles. The van der Waals surface area contributed by atoms with E-state index in [0.717, 1.165) is 22.0 Å². The number of carbonyl (C=O) groups excluding carboxylic acids is 1. The van der Waals surface area contributed by atoms with Crippen LogP contribution in [0.25, 0.3) is 0 Å². The van der Waals surface area contributed by atoms with E-state index in [0.29, 0.717) is 5.75 Å². The number of rotatable bonds is 3. The summed E-state index contributed by atoms with van der Waals surface area (Å²) in [5.41, 5.74) is 2.46. The van der Waals surface area contributed by atoms with Crippen LogP contribution in [0.15, 0.2) is 41.4 Å². The maximum Gasteiger partial charge on any atom is 0.234 e. The van der Waals surface area contributed by atoms with Crippen LogP contribution in [0, 0.1) is 5.82 Å². The van der Waals surface area contributed by atoms with Gasteiger partial charge in [-0.2, -0.15) is 0 Å². The van der Waals surface area contributed by atoms with Crippen molar-refractivity contribution in [3.8, 4) is 0 Å². The fourth-order valence-corrected chi connectivity index (χ4v) is 2.93. The molecule has 4 nitrogen and oxygen atoms in total. The molecule has 1 amide bonds. The standard InChI is InChI=1S/C15H14FN3OS/c1-9(12-4-2-10(16)7-17-12)18-11-3-5-14-13(6-11)19-15(20)8-21-14/h2-7,9,18H,8H2,1H3,(H,19,20). The SMILES string of the molecule is CC(Nc1ccc2c(c1)NC(=O)CS2)c1ccc(F)cn1. The van der Waals surface area contributed by atoms with Crippen LogP contribution in [0.1, 0.15) is 18.7 Å². The number of aromatic nitrogens is 1. The highest BCUT2D eigenvalue weighted by atomic mass is 32.2. The van der Waals surface area contributed by atoms with Gasteiger partial charge in [0, 0.05) is 10.6 Å². The lowest BCUT2D eigenvalue weighted by molar-refractivity contribution is -0.113. The van der Waals surface area contributed by atoms with Crippen molar-refractivity contribution in [1.29, 1.82) is 0 Å². The zero-order valence-electron chi connectivity index (χ0n) is 11.4. The van der Waals surface area contributed by atoms with Crippen molar-refractivity contribution in [3.63, 3.8) is 0 Å². The zero-order chi connectivity index (χ0) is 14.8. The molecular formula is C15H14FN3OS. The molecule has 0 radical (unpaired) electrons. The summed E-state index contributed by atoms with van der Waals surface area (Å²) in [4.78, 5) is 16.5. The topological polar surface area (TPSA) is 54.0 Å². The Labute approximate surface area is 126 Å². The third-order valence-electron chi connectivity index (χ3n) is 3.19. The second-order valence-electron chi connectivity index (χ2n) is 4.82. The molecule has 0 aliphatic carbocycles. The van der Waals surface area contributed by atoms with Crippen molar-refractivity contribution in [1.82, 2.24) is 4.98 Å². The zero-order valence-corrected chi connectivity index (χ0v) is 12.2. The van der Waals surface area contributed by atoms with Gasteiger partial charge >= 0.3 is 0 Å². The molecule has 2 aromatic rings. The molecule has 21 heavy (non-hydrogen) atoms. The van der Waals surface area contributed by atoms with Crippen LogP contribution in [0.3, 0.4) is 0 Å². The van der Waals surface area contributed by atoms with Gasteiger partial charge in [0.15, 0.2) is 0 Å². The molecule has 0 fully saturated rings. The second kappa shape index (κ2) is 5.73. The molecule has 1 aromatic carbocycles. The van der Waals surface area contributed by atoms with Gasteiger partial charge in [0.2, 0.25) is 5.91 Å². The van der Waals surface area contributed by atoms with E-state index in [1.165, 1.54) is 24.0 Å². The average Bonchev–Trinajstić information content (AvgIpc) is 2.47. The first-order valence-electron chi connectivity index (χ1n) is 6.56. The van der Waals surface area contributed by atoms with Gasteiger partial charge < -0.3 is 10.6 Å². The lowest BCUT2D eigenvalue weighted by Crippen LogP contribution is -2.19. The van der Waals surface area contributed by atoms with Crippen LogP contribution in [0.2, 0.25) is 0 Å². The molecule has 2 N–H and O–H groups in total. The van der Waals surface area contributed by atoms with Crippen molar-refractivity contribution < 1.29 is 9.18 Å². The Bertz CT molecular complexity index is 675. The first kappa shape index (κ1) is 13.9. The summed E-state index contributed by atoms with van der Waals surface area (Å²) in [7, 11) is 0. The molecule has 0 saturated carbocycles. The van der Waals surface area contributed by atoms with Crippen LogP contribution in [0.4, 0.5) is 15.8 Å². The molecule has 1 aliphatic rings. The third kappa shape index (κ3) is 3.16. The molecular weight excluding hydrogens is 289 g/mol. The predicted molar refractivity (Wildman–Crippen MR) is 82.0 cm³/mol. The molecule has 0 bridgehead atoms. The van der Waals surface area contributed by atoms with Crippen molar-refractivity contribution in [2.24, 2.45) is 0 Å².